The molecular formula is C17H28N4OS. The van der Waals surface area contributed by atoms with Gasteiger partial charge in [-0.15, -0.1) is 11.3 Å². The molecule has 0 saturated carbocycles. The minimum atomic E-state index is 0.262. The largest absolute Gasteiger partial charge is 0.373 e. The first kappa shape index (κ1) is 16.7. The van der Waals surface area contributed by atoms with Gasteiger partial charge in [0.25, 0.3) is 0 Å². The molecule has 6 heteroatoms. The lowest BCUT2D eigenvalue weighted by atomic mass is 10.1. The predicted octanol–water partition coefficient (Wildman–Crippen LogP) is 1.88. The van der Waals surface area contributed by atoms with E-state index in [4.69, 9.17) is 4.74 Å². The van der Waals surface area contributed by atoms with Gasteiger partial charge < -0.3 is 15.4 Å². The number of fused-ring (bicyclic) bond motifs is 1. The molecule has 3 heterocycles. The topological polar surface area (TPSA) is 48.9 Å². The fraction of sp³-hybridized carbons (Fsp3) is 0.706. The molecule has 0 radical (unpaired) electrons. The molecule has 0 amide bonds. The molecule has 0 aliphatic carbocycles. The van der Waals surface area contributed by atoms with Crippen molar-refractivity contribution >= 4 is 17.3 Å². The maximum Gasteiger partial charge on any atom is 0.191 e. The Morgan fingerprint density at radius 3 is 3.22 bits per heavy atom. The van der Waals surface area contributed by atoms with Crippen LogP contribution in [0.1, 0.15) is 30.6 Å². The first-order valence-electron chi connectivity index (χ1n) is 8.60. The number of guanidine groups is 1. The van der Waals surface area contributed by atoms with Crippen LogP contribution in [0.15, 0.2) is 22.5 Å². The van der Waals surface area contributed by atoms with E-state index in [9.17, 15) is 0 Å². The number of thiophene rings is 1. The number of aliphatic imine (C=N–C) groups is 1. The Morgan fingerprint density at radius 2 is 2.43 bits per heavy atom. The van der Waals surface area contributed by atoms with Crippen molar-refractivity contribution < 1.29 is 4.74 Å². The van der Waals surface area contributed by atoms with Crippen LogP contribution >= 0.6 is 11.3 Å². The Bertz CT molecular complexity index is 505. The molecule has 128 valence electrons. The van der Waals surface area contributed by atoms with E-state index in [1.54, 1.807) is 0 Å². The maximum absolute atomic E-state index is 5.99. The summed E-state index contributed by atoms with van der Waals surface area (Å²) in [7, 11) is 1.82. The average Bonchev–Trinajstić information content (AvgIpc) is 3.25. The quantitative estimate of drug-likeness (QED) is 0.637. The van der Waals surface area contributed by atoms with Gasteiger partial charge >= 0.3 is 0 Å². The summed E-state index contributed by atoms with van der Waals surface area (Å²) in [5.41, 5.74) is 0. The highest BCUT2D eigenvalue weighted by atomic mass is 32.1. The third-order valence-corrected chi connectivity index (χ3v) is 5.89. The van der Waals surface area contributed by atoms with Gasteiger partial charge in [-0.1, -0.05) is 13.0 Å². The predicted molar refractivity (Wildman–Crippen MR) is 96.4 cm³/mol. The van der Waals surface area contributed by atoms with Crippen LogP contribution in [0.25, 0.3) is 0 Å². The molecule has 1 aromatic heterocycles. The molecule has 3 atom stereocenters. The maximum atomic E-state index is 5.99. The van der Waals surface area contributed by atoms with Crippen LogP contribution in [0.5, 0.6) is 0 Å². The summed E-state index contributed by atoms with van der Waals surface area (Å²) in [6, 6.07) is 4.96. The van der Waals surface area contributed by atoms with E-state index in [0.29, 0.717) is 12.0 Å². The highest BCUT2D eigenvalue weighted by molar-refractivity contribution is 7.10. The number of morpholine rings is 1. The normalized spacial score (nSPS) is 26.8. The van der Waals surface area contributed by atoms with Crippen LogP contribution in [0.4, 0.5) is 0 Å². The summed E-state index contributed by atoms with van der Waals surface area (Å²) in [5.74, 6) is 1.35. The van der Waals surface area contributed by atoms with Crippen molar-refractivity contribution in [2.24, 2.45) is 4.99 Å². The zero-order valence-electron chi connectivity index (χ0n) is 14.1. The summed E-state index contributed by atoms with van der Waals surface area (Å²) in [5, 5.41) is 8.96. The van der Waals surface area contributed by atoms with Gasteiger partial charge in [0, 0.05) is 43.5 Å². The Labute approximate surface area is 143 Å². The fourth-order valence-electron chi connectivity index (χ4n) is 3.36. The molecular weight excluding hydrogens is 308 g/mol. The molecule has 3 unspecified atom stereocenters. The van der Waals surface area contributed by atoms with Crippen molar-refractivity contribution in [2.75, 3.05) is 39.8 Å². The van der Waals surface area contributed by atoms with Gasteiger partial charge in [-0.2, -0.15) is 0 Å². The van der Waals surface area contributed by atoms with E-state index in [2.05, 4.69) is 45.0 Å². The fourth-order valence-corrected chi connectivity index (χ4v) is 4.15. The molecule has 2 saturated heterocycles. The molecule has 23 heavy (non-hydrogen) atoms. The molecule has 2 aliphatic heterocycles. The molecule has 3 rings (SSSR count). The zero-order valence-corrected chi connectivity index (χ0v) is 14.9. The van der Waals surface area contributed by atoms with E-state index in [0.717, 1.165) is 32.2 Å². The minimum Gasteiger partial charge on any atom is -0.373 e. The summed E-state index contributed by atoms with van der Waals surface area (Å²) >= 11 is 1.81. The van der Waals surface area contributed by atoms with Crippen molar-refractivity contribution in [3.63, 3.8) is 0 Å². The second kappa shape index (κ2) is 8.13. The Balaban J connectivity index is 1.39. The molecule has 0 aromatic carbocycles. The monoisotopic (exact) mass is 336 g/mol. The van der Waals surface area contributed by atoms with Crippen LogP contribution in [-0.4, -0.2) is 62.8 Å². The first-order chi connectivity index (χ1) is 11.3. The molecule has 1 aromatic rings. The van der Waals surface area contributed by atoms with Gasteiger partial charge in [0.05, 0.1) is 12.7 Å². The summed E-state index contributed by atoms with van der Waals surface area (Å²) in [6.07, 6.45) is 2.87. The highest BCUT2D eigenvalue weighted by Crippen LogP contribution is 2.22. The Kier molecular flexibility index (Phi) is 5.91. The smallest absolute Gasteiger partial charge is 0.191 e. The first-order valence-corrected chi connectivity index (χ1v) is 9.48. The van der Waals surface area contributed by atoms with E-state index in [-0.39, 0.29) is 6.10 Å². The van der Waals surface area contributed by atoms with E-state index >= 15 is 0 Å². The molecule has 0 bridgehead atoms. The lowest BCUT2D eigenvalue weighted by Crippen LogP contribution is -2.51. The summed E-state index contributed by atoms with van der Waals surface area (Å²) in [6.45, 7) is 7.10. The third-order valence-electron chi connectivity index (χ3n) is 4.79. The molecule has 5 nitrogen and oxygen atoms in total. The number of ether oxygens (including phenoxy) is 1. The van der Waals surface area contributed by atoms with Crippen molar-refractivity contribution in [1.29, 1.82) is 0 Å². The number of nitrogens with one attached hydrogen (secondary N) is 2. The van der Waals surface area contributed by atoms with Gasteiger partial charge in [-0.3, -0.25) is 9.89 Å². The lowest BCUT2D eigenvalue weighted by molar-refractivity contribution is -0.0453. The van der Waals surface area contributed by atoms with Crippen LogP contribution < -0.4 is 10.6 Å². The Hall–Kier alpha value is -1.11. The lowest BCUT2D eigenvalue weighted by Gasteiger charge is -2.35. The molecule has 2 fully saturated rings. The van der Waals surface area contributed by atoms with Gasteiger partial charge in [0.2, 0.25) is 0 Å². The SMILES string of the molecule is CN=C(NCC1CN2CCCC2CO1)NCC(C)c1cccs1. The van der Waals surface area contributed by atoms with Crippen molar-refractivity contribution in [1.82, 2.24) is 15.5 Å². The minimum absolute atomic E-state index is 0.262. The Morgan fingerprint density at radius 1 is 1.52 bits per heavy atom. The number of rotatable bonds is 5. The standard InChI is InChI=1S/C17H28N4OS/c1-13(16-6-4-8-23-16)9-19-17(18-2)20-10-15-11-21-7-3-5-14(21)12-22-15/h4,6,8,13-15H,3,5,7,9-12H2,1-2H3,(H2,18,19,20). The van der Waals surface area contributed by atoms with E-state index in [1.165, 1.54) is 24.3 Å². The van der Waals surface area contributed by atoms with Crippen molar-refractivity contribution in [3.8, 4) is 0 Å². The van der Waals surface area contributed by atoms with E-state index < -0.39 is 0 Å². The second-order valence-electron chi connectivity index (χ2n) is 6.50. The molecule has 0 spiro atoms. The number of nitrogens with zero attached hydrogens (tertiary/aromatic N) is 2. The summed E-state index contributed by atoms with van der Waals surface area (Å²) in [4.78, 5) is 8.30. The van der Waals surface area contributed by atoms with Crippen LogP contribution in [0.3, 0.4) is 0 Å². The van der Waals surface area contributed by atoms with Gasteiger partial charge in [0.1, 0.15) is 0 Å². The van der Waals surface area contributed by atoms with Crippen molar-refractivity contribution in [2.45, 2.75) is 37.8 Å². The van der Waals surface area contributed by atoms with Crippen LogP contribution in [0.2, 0.25) is 0 Å². The van der Waals surface area contributed by atoms with E-state index in [1.807, 2.05) is 18.4 Å². The van der Waals surface area contributed by atoms with Gasteiger partial charge in [-0.05, 0) is 30.8 Å². The average molecular weight is 337 g/mol. The van der Waals surface area contributed by atoms with Crippen LogP contribution in [-0.2, 0) is 4.74 Å². The molecule has 2 N–H and O–H groups in total. The van der Waals surface area contributed by atoms with Gasteiger partial charge in [0.15, 0.2) is 5.96 Å². The van der Waals surface area contributed by atoms with Crippen molar-refractivity contribution in [3.05, 3.63) is 22.4 Å². The number of hydrogen-bond donors (Lipinski definition) is 2. The molecule has 2 aliphatic rings. The van der Waals surface area contributed by atoms with Crippen LogP contribution in [0, 0.1) is 0 Å². The summed E-state index contributed by atoms with van der Waals surface area (Å²) < 4.78 is 5.99. The highest BCUT2D eigenvalue weighted by Gasteiger charge is 2.32. The number of hydrogen-bond acceptors (Lipinski definition) is 4. The van der Waals surface area contributed by atoms with Gasteiger partial charge in [-0.25, -0.2) is 0 Å². The third kappa shape index (κ3) is 4.46. The second-order valence-corrected chi connectivity index (χ2v) is 7.48. The zero-order chi connectivity index (χ0) is 16.1.